The Hall–Kier alpha value is -3.56. The van der Waals surface area contributed by atoms with Crippen molar-refractivity contribution in [2.45, 2.75) is 32.9 Å². The van der Waals surface area contributed by atoms with E-state index >= 15 is 0 Å². The Morgan fingerprint density at radius 3 is 2.26 bits per heavy atom. The third kappa shape index (κ3) is 8.21. The van der Waals surface area contributed by atoms with Crippen molar-refractivity contribution in [1.29, 1.82) is 0 Å². The highest BCUT2D eigenvalue weighted by Gasteiger charge is 2.33. The van der Waals surface area contributed by atoms with E-state index in [1.165, 1.54) is 24.1 Å². The Bertz CT molecular complexity index is 1380. The molecule has 2 amide bonds. The third-order valence-electron chi connectivity index (χ3n) is 6.18. The fourth-order valence-corrected chi connectivity index (χ4v) is 5.20. The molecule has 3 rings (SSSR count). The summed E-state index contributed by atoms with van der Waals surface area (Å²) in [4.78, 5) is 28.8. The molecule has 208 valence electrons. The molecule has 0 saturated heterocycles. The zero-order valence-corrected chi connectivity index (χ0v) is 24.1. The molecule has 1 atom stereocenters. The number of carbonyl (C=O) groups excluding carboxylic acids is 2. The molecule has 10 heteroatoms. The number of aryl methyl sites for hydroxylation is 1. The van der Waals surface area contributed by atoms with Crippen molar-refractivity contribution < 1.29 is 22.7 Å². The molecule has 3 aromatic carbocycles. The molecule has 1 N–H and O–H groups in total. The lowest BCUT2D eigenvalue weighted by Gasteiger charge is -2.33. The molecule has 0 heterocycles. The van der Waals surface area contributed by atoms with Gasteiger partial charge in [0, 0.05) is 24.5 Å². The summed E-state index contributed by atoms with van der Waals surface area (Å²) >= 11 is 6.18. The standard InChI is InChI=1S/C29H34ClN3O5S/c1-5-31-29(35)26(17-22-9-7-6-8-10-22)32(19-23-13-11-21(2)12-14-23)28(34)20-33(39(4,36)37)25-18-24(30)15-16-27(25)38-3/h6-16,18,26H,5,17,19-20H2,1-4H3,(H,31,35)/t26-/m1/s1. The van der Waals surface area contributed by atoms with Crippen LogP contribution in [0.2, 0.25) is 5.02 Å². The summed E-state index contributed by atoms with van der Waals surface area (Å²) < 4.78 is 32.2. The molecule has 0 bridgehead atoms. The summed E-state index contributed by atoms with van der Waals surface area (Å²) in [7, 11) is -2.54. The maximum absolute atomic E-state index is 14.0. The van der Waals surface area contributed by atoms with Gasteiger partial charge in [-0.15, -0.1) is 0 Å². The van der Waals surface area contributed by atoms with Gasteiger partial charge < -0.3 is 15.0 Å². The second-order valence-corrected chi connectivity index (χ2v) is 11.5. The van der Waals surface area contributed by atoms with Crippen LogP contribution in [0.25, 0.3) is 0 Å². The molecule has 8 nitrogen and oxygen atoms in total. The minimum atomic E-state index is -3.94. The average Bonchev–Trinajstić information content (AvgIpc) is 2.90. The van der Waals surface area contributed by atoms with Crippen molar-refractivity contribution in [2.75, 3.05) is 30.8 Å². The van der Waals surface area contributed by atoms with E-state index in [1.54, 1.807) is 13.0 Å². The molecular weight excluding hydrogens is 538 g/mol. The number of ether oxygens (including phenoxy) is 1. The lowest BCUT2D eigenvalue weighted by atomic mass is 10.0. The number of nitrogens with one attached hydrogen (secondary N) is 1. The van der Waals surface area contributed by atoms with Crippen molar-refractivity contribution >= 4 is 39.1 Å². The van der Waals surface area contributed by atoms with Crippen molar-refractivity contribution in [1.82, 2.24) is 10.2 Å². The molecule has 0 aliphatic carbocycles. The Kier molecular flexibility index (Phi) is 10.4. The summed E-state index contributed by atoms with van der Waals surface area (Å²) in [5.74, 6) is -0.629. The van der Waals surface area contributed by atoms with Crippen LogP contribution < -0.4 is 14.4 Å². The quantitative estimate of drug-likeness (QED) is 0.351. The van der Waals surface area contributed by atoms with E-state index in [-0.39, 0.29) is 35.3 Å². The van der Waals surface area contributed by atoms with Crippen molar-refractivity contribution in [3.8, 4) is 5.75 Å². The summed E-state index contributed by atoms with van der Waals surface area (Å²) in [6.07, 6.45) is 1.26. The van der Waals surface area contributed by atoms with E-state index < -0.39 is 28.5 Å². The van der Waals surface area contributed by atoms with Gasteiger partial charge in [-0.1, -0.05) is 71.8 Å². The first-order valence-corrected chi connectivity index (χ1v) is 14.7. The molecule has 3 aromatic rings. The molecule has 0 fully saturated rings. The number of likely N-dealkylation sites (N-methyl/N-ethyl adjacent to an activating group) is 1. The van der Waals surface area contributed by atoms with Gasteiger partial charge in [0.05, 0.1) is 19.1 Å². The molecule has 0 aromatic heterocycles. The van der Waals surface area contributed by atoms with Gasteiger partial charge in [-0.3, -0.25) is 13.9 Å². The maximum atomic E-state index is 14.0. The van der Waals surface area contributed by atoms with Crippen molar-refractivity contribution in [3.05, 3.63) is 94.5 Å². The number of carbonyl (C=O) groups is 2. The first-order valence-electron chi connectivity index (χ1n) is 12.5. The second kappa shape index (κ2) is 13.5. The normalized spacial score (nSPS) is 11.9. The number of rotatable bonds is 12. The van der Waals surface area contributed by atoms with Gasteiger partial charge in [-0.25, -0.2) is 8.42 Å². The number of anilines is 1. The predicted octanol–water partition coefficient (Wildman–Crippen LogP) is 4.20. The largest absolute Gasteiger partial charge is 0.495 e. The van der Waals surface area contributed by atoms with Crippen LogP contribution >= 0.6 is 11.6 Å². The maximum Gasteiger partial charge on any atom is 0.244 e. The van der Waals surface area contributed by atoms with Crippen LogP contribution in [0.15, 0.2) is 72.8 Å². The Morgan fingerprint density at radius 2 is 1.67 bits per heavy atom. The minimum Gasteiger partial charge on any atom is -0.495 e. The van der Waals surface area contributed by atoms with Crippen molar-refractivity contribution in [2.24, 2.45) is 0 Å². The van der Waals surface area contributed by atoms with Crippen LogP contribution in [-0.4, -0.2) is 57.6 Å². The first-order chi connectivity index (χ1) is 18.5. The van der Waals surface area contributed by atoms with Crippen LogP contribution in [-0.2, 0) is 32.6 Å². The van der Waals surface area contributed by atoms with Gasteiger partial charge >= 0.3 is 0 Å². The lowest BCUT2D eigenvalue weighted by Crippen LogP contribution is -2.53. The van der Waals surface area contributed by atoms with Gasteiger partial charge in [-0.05, 0) is 43.2 Å². The highest BCUT2D eigenvalue weighted by atomic mass is 35.5. The molecule has 39 heavy (non-hydrogen) atoms. The number of benzene rings is 3. The van der Waals surface area contributed by atoms with E-state index in [0.717, 1.165) is 27.3 Å². The average molecular weight is 572 g/mol. The number of halogens is 1. The van der Waals surface area contributed by atoms with E-state index in [4.69, 9.17) is 16.3 Å². The SMILES string of the molecule is CCNC(=O)[C@@H](Cc1ccccc1)N(Cc1ccc(C)cc1)C(=O)CN(c1cc(Cl)ccc1OC)S(C)(=O)=O. The Labute approximate surface area is 235 Å². The number of hydrogen-bond donors (Lipinski definition) is 1. The first kappa shape index (κ1) is 30.0. The summed E-state index contributed by atoms with van der Waals surface area (Å²) in [6.45, 7) is 3.71. The van der Waals surface area contributed by atoms with E-state index in [1.807, 2.05) is 61.5 Å². The fourth-order valence-electron chi connectivity index (χ4n) is 4.19. The van der Waals surface area contributed by atoms with Gasteiger partial charge in [0.1, 0.15) is 18.3 Å². The molecule has 0 aliphatic rings. The van der Waals surface area contributed by atoms with Gasteiger partial charge in [0.15, 0.2) is 0 Å². The molecule has 0 spiro atoms. The topological polar surface area (TPSA) is 96.0 Å². The van der Waals surface area contributed by atoms with Crippen LogP contribution in [0.1, 0.15) is 23.6 Å². The van der Waals surface area contributed by atoms with E-state index in [2.05, 4.69) is 5.32 Å². The van der Waals surface area contributed by atoms with Gasteiger partial charge in [-0.2, -0.15) is 0 Å². The number of hydrogen-bond acceptors (Lipinski definition) is 5. The lowest BCUT2D eigenvalue weighted by molar-refractivity contribution is -0.140. The number of nitrogens with zero attached hydrogens (tertiary/aromatic N) is 2. The molecule has 0 saturated carbocycles. The van der Waals surface area contributed by atoms with Crippen LogP contribution in [0.3, 0.4) is 0 Å². The van der Waals surface area contributed by atoms with Crippen molar-refractivity contribution in [3.63, 3.8) is 0 Å². The summed E-state index contributed by atoms with van der Waals surface area (Å²) in [6, 6.07) is 20.7. The number of methoxy groups -OCH3 is 1. The molecule has 0 radical (unpaired) electrons. The smallest absolute Gasteiger partial charge is 0.244 e. The second-order valence-electron chi connectivity index (χ2n) is 9.19. The van der Waals surface area contributed by atoms with Crippen LogP contribution in [0, 0.1) is 6.92 Å². The summed E-state index contributed by atoms with van der Waals surface area (Å²) in [5, 5.41) is 3.12. The predicted molar refractivity (Wildman–Crippen MR) is 155 cm³/mol. The molecular formula is C29H34ClN3O5S. The Balaban J connectivity index is 2.07. The zero-order valence-electron chi connectivity index (χ0n) is 22.6. The Morgan fingerprint density at radius 1 is 1.00 bits per heavy atom. The zero-order chi connectivity index (χ0) is 28.6. The van der Waals surface area contributed by atoms with E-state index in [0.29, 0.717) is 6.54 Å². The molecule has 0 aliphatic heterocycles. The number of sulfonamides is 1. The minimum absolute atomic E-state index is 0.109. The highest BCUT2D eigenvalue weighted by Crippen LogP contribution is 2.33. The van der Waals surface area contributed by atoms with E-state index in [9.17, 15) is 18.0 Å². The van der Waals surface area contributed by atoms with Gasteiger partial charge in [0.2, 0.25) is 21.8 Å². The highest BCUT2D eigenvalue weighted by molar-refractivity contribution is 7.92. The van der Waals surface area contributed by atoms with Crippen LogP contribution in [0.4, 0.5) is 5.69 Å². The monoisotopic (exact) mass is 571 g/mol. The number of amides is 2. The molecule has 0 unspecified atom stereocenters. The summed E-state index contributed by atoms with van der Waals surface area (Å²) in [5.41, 5.74) is 2.86. The van der Waals surface area contributed by atoms with Gasteiger partial charge in [0.25, 0.3) is 0 Å². The van der Waals surface area contributed by atoms with Crippen LogP contribution in [0.5, 0.6) is 5.75 Å². The third-order valence-corrected chi connectivity index (χ3v) is 7.55. The fraction of sp³-hybridized carbons (Fsp3) is 0.310.